The fourth-order valence-electron chi connectivity index (χ4n) is 4.55. The molecule has 0 bridgehead atoms. The lowest BCUT2D eigenvalue weighted by Gasteiger charge is -2.37. The van der Waals surface area contributed by atoms with Gasteiger partial charge in [0.1, 0.15) is 5.82 Å². The summed E-state index contributed by atoms with van der Waals surface area (Å²) in [7, 11) is 0. The second kappa shape index (κ2) is 11.9. The molecule has 1 aromatic heterocycles. The Morgan fingerprint density at radius 1 is 1.08 bits per heavy atom. The van der Waals surface area contributed by atoms with Gasteiger partial charge in [-0.25, -0.2) is 9.97 Å². The normalized spacial score (nSPS) is 15.0. The monoisotopic (exact) mass is 487 g/mol. The minimum absolute atomic E-state index is 0.0813. The zero-order chi connectivity index (χ0) is 25.5. The molecule has 188 valence electrons. The molecule has 8 nitrogen and oxygen atoms in total. The first-order valence-electron chi connectivity index (χ1n) is 12.4. The van der Waals surface area contributed by atoms with Crippen molar-refractivity contribution in [2.75, 3.05) is 37.6 Å². The zero-order valence-electron chi connectivity index (χ0n) is 20.7. The number of non-ortho nitro benzene ring substituents is 1. The van der Waals surface area contributed by atoms with Crippen LogP contribution in [0.15, 0.2) is 67.3 Å². The molecule has 1 unspecified atom stereocenters. The van der Waals surface area contributed by atoms with Crippen LogP contribution < -0.4 is 4.90 Å². The van der Waals surface area contributed by atoms with Crippen molar-refractivity contribution in [2.45, 2.75) is 32.3 Å². The van der Waals surface area contributed by atoms with Crippen LogP contribution in [0, 0.1) is 17.0 Å². The lowest BCUT2D eigenvalue weighted by Crippen LogP contribution is -2.49. The molecular formula is C28H33N5O3. The van der Waals surface area contributed by atoms with E-state index < -0.39 is 0 Å². The summed E-state index contributed by atoms with van der Waals surface area (Å²) in [6, 6.07) is 16.6. The zero-order valence-corrected chi connectivity index (χ0v) is 20.7. The number of β-amino-alcohol motifs (C(OH)–C–C–N with tert-alkyl or cyclic N) is 1. The highest BCUT2D eigenvalue weighted by atomic mass is 16.6. The van der Waals surface area contributed by atoms with Gasteiger partial charge in [-0.15, -0.1) is 6.58 Å². The Kier molecular flexibility index (Phi) is 8.40. The van der Waals surface area contributed by atoms with E-state index in [4.69, 9.17) is 9.97 Å². The Labute approximate surface area is 212 Å². The first-order chi connectivity index (χ1) is 17.4. The van der Waals surface area contributed by atoms with Crippen LogP contribution in [0.4, 0.5) is 11.5 Å². The second-order valence-corrected chi connectivity index (χ2v) is 9.21. The number of nitrogens with zero attached hydrogens (tertiary/aromatic N) is 5. The molecular weight excluding hydrogens is 454 g/mol. The number of aliphatic hydroxyl groups excluding tert-OH is 1. The second-order valence-electron chi connectivity index (χ2n) is 9.21. The first kappa shape index (κ1) is 25.5. The van der Waals surface area contributed by atoms with E-state index in [0.29, 0.717) is 18.8 Å². The number of rotatable bonds is 10. The number of aromatic nitrogens is 2. The number of benzene rings is 2. The van der Waals surface area contributed by atoms with Gasteiger partial charge in [0.05, 0.1) is 11.0 Å². The van der Waals surface area contributed by atoms with Gasteiger partial charge >= 0.3 is 0 Å². The molecule has 2 heterocycles. The number of hydrogen-bond donors (Lipinski definition) is 1. The maximum absolute atomic E-state index is 11.1. The molecule has 1 aliphatic heterocycles. The third-order valence-corrected chi connectivity index (χ3v) is 6.60. The van der Waals surface area contributed by atoms with E-state index in [1.165, 1.54) is 0 Å². The fourth-order valence-corrected chi connectivity index (χ4v) is 4.55. The Hall–Kier alpha value is -3.62. The van der Waals surface area contributed by atoms with E-state index >= 15 is 0 Å². The Balaban J connectivity index is 1.59. The average molecular weight is 488 g/mol. The standard InChI is InChI=1S/C28H33N5O3/c1-3-4-10-25(34)20-31-15-17-32(18-16-31)28-26(19-22-11-13-24(14-12-22)33(35)36)21(2)29-27(30-28)23-8-6-5-7-9-23/h3,5-9,11-14,25,34H,1,4,10,15-20H2,2H3. The fraction of sp³-hybridized carbons (Fsp3) is 0.357. The van der Waals surface area contributed by atoms with Crippen molar-refractivity contribution in [1.29, 1.82) is 0 Å². The number of aliphatic hydroxyl groups is 1. The summed E-state index contributed by atoms with van der Waals surface area (Å²) in [4.78, 5) is 25.1. The van der Waals surface area contributed by atoms with Gasteiger partial charge < -0.3 is 10.0 Å². The minimum atomic E-state index is -0.383. The van der Waals surface area contributed by atoms with Crippen molar-refractivity contribution < 1.29 is 10.0 Å². The summed E-state index contributed by atoms with van der Waals surface area (Å²) < 4.78 is 0. The van der Waals surface area contributed by atoms with Crippen molar-refractivity contribution in [3.63, 3.8) is 0 Å². The largest absolute Gasteiger partial charge is 0.392 e. The summed E-state index contributed by atoms with van der Waals surface area (Å²) in [5, 5.41) is 21.4. The third kappa shape index (κ3) is 6.33. The van der Waals surface area contributed by atoms with Crippen LogP contribution in [0.2, 0.25) is 0 Å². The van der Waals surface area contributed by atoms with Gasteiger partial charge in [0.15, 0.2) is 5.82 Å². The van der Waals surface area contributed by atoms with Gasteiger partial charge in [-0.2, -0.15) is 0 Å². The molecule has 2 aromatic carbocycles. The van der Waals surface area contributed by atoms with Crippen molar-refractivity contribution in [1.82, 2.24) is 14.9 Å². The molecule has 1 fully saturated rings. The summed E-state index contributed by atoms with van der Waals surface area (Å²) in [6.45, 7) is 9.68. The molecule has 0 amide bonds. The summed E-state index contributed by atoms with van der Waals surface area (Å²) in [6.07, 6.45) is 3.63. The van der Waals surface area contributed by atoms with Gasteiger partial charge in [0.2, 0.25) is 0 Å². The molecule has 1 atom stereocenters. The van der Waals surface area contributed by atoms with Crippen LogP contribution in [0.1, 0.15) is 29.7 Å². The van der Waals surface area contributed by atoms with Gasteiger partial charge in [-0.3, -0.25) is 15.0 Å². The van der Waals surface area contributed by atoms with E-state index in [0.717, 1.165) is 67.2 Å². The highest BCUT2D eigenvalue weighted by Crippen LogP contribution is 2.29. The molecule has 1 N–H and O–H groups in total. The highest BCUT2D eigenvalue weighted by molar-refractivity contribution is 5.61. The average Bonchev–Trinajstić information content (AvgIpc) is 2.90. The molecule has 0 spiro atoms. The predicted molar refractivity (Wildman–Crippen MR) is 142 cm³/mol. The predicted octanol–water partition coefficient (Wildman–Crippen LogP) is 4.40. The smallest absolute Gasteiger partial charge is 0.269 e. The molecule has 0 radical (unpaired) electrons. The maximum atomic E-state index is 11.1. The topological polar surface area (TPSA) is 95.6 Å². The molecule has 36 heavy (non-hydrogen) atoms. The molecule has 3 aromatic rings. The molecule has 1 saturated heterocycles. The van der Waals surface area contributed by atoms with Gasteiger partial charge in [-0.1, -0.05) is 48.5 Å². The van der Waals surface area contributed by atoms with E-state index in [-0.39, 0.29) is 16.7 Å². The number of nitro groups is 1. The number of aryl methyl sites for hydroxylation is 1. The number of anilines is 1. The molecule has 0 saturated carbocycles. The molecule has 1 aliphatic rings. The third-order valence-electron chi connectivity index (χ3n) is 6.60. The maximum Gasteiger partial charge on any atom is 0.269 e. The van der Waals surface area contributed by atoms with Crippen LogP contribution in [-0.2, 0) is 6.42 Å². The van der Waals surface area contributed by atoms with Crippen molar-refractivity contribution >= 4 is 11.5 Å². The number of allylic oxidation sites excluding steroid dienone is 1. The van der Waals surface area contributed by atoms with Crippen LogP contribution >= 0.6 is 0 Å². The number of piperazine rings is 1. The Bertz CT molecular complexity index is 1180. The molecule has 0 aliphatic carbocycles. The van der Waals surface area contributed by atoms with Gasteiger partial charge in [-0.05, 0) is 25.3 Å². The molecule has 8 heteroatoms. The van der Waals surface area contributed by atoms with Crippen molar-refractivity contribution in [2.24, 2.45) is 0 Å². The molecule has 4 rings (SSSR count). The van der Waals surface area contributed by atoms with Crippen molar-refractivity contribution in [3.8, 4) is 11.4 Å². The van der Waals surface area contributed by atoms with Gasteiger partial charge in [0.25, 0.3) is 5.69 Å². The minimum Gasteiger partial charge on any atom is -0.392 e. The lowest BCUT2D eigenvalue weighted by atomic mass is 10.0. The SMILES string of the molecule is C=CCCC(O)CN1CCN(c2nc(-c3ccccc3)nc(C)c2Cc2ccc([N+](=O)[O-])cc2)CC1. The summed E-state index contributed by atoms with van der Waals surface area (Å²) in [5.41, 5.74) is 3.96. The van der Waals surface area contributed by atoms with E-state index in [9.17, 15) is 15.2 Å². The summed E-state index contributed by atoms with van der Waals surface area (Å²) in [5.74, 6) is 1.60. The number of nitro benzene ring substituents is 1. The quantitative estimate of drug-likeness (QED) is 0.257. The van der Waals surface area contributed by atoms with E-state index in [1.807, 2.05) is 43.3 Å². The van der Waals surface area contributed by atoms with Crippen LogP contribution in [-0.4, -0.2) is 63.7 Å². The van der Waals surface area contributed by atoms with Gasteiger partial charge in [0, 0.05) is 68.1 Å². The summed E-state index contributed by atoms with van der Waals surface area (Å²) >= 11 is 0. The number of hydrogen-bond acceptors (Lipinski definition) is 7. The van der Waals surface area contributed by atoms with Crippen LogP contribution in [0.25, 0.3) is 11.4 Å². The van der Waals surface area contributed by atoms with Crippen molar-refractivity contribution in [3.05, 3.63) is 94.2 Å². The Morgan fingerprint density at radius 2 is 1.78 bits per heavy atom. The highest BCUT2D eigenvalue weighted by Gasteiger charge is 2.24. The Morgan fingerprint density at radius 3 is 2.42 bits per heavy atom. The van der Waals surface area contributed by atoms with E-state index in [2.05, 4.69) is 16.4 Å². The van der Waals surface area contributed by atoms with E-state index in [1.54, 1.807) is 24.3 Å². The van der Waals surface area contributed by atoms with Crippen LogP contribution in [0.5, 0.6) is 0 Å². The lowest BCUT2D eigenvalue weighted by molar-refractivity contribution is -0.384. The first-order valence-corrected chi connectivity index (χ1v) is 12.4. The van der Waals surface area contributed by atoms with Crippen LogP contribution in [0.3, 0.4) is 0 Å².